The second-order valence-corrected chi connectivity index (χ2v) is 10.4. The van der Waals surface area contributed by atoms with Gasteiger partial charge in [-0.25, -0.2) is 0 Å². The highest BCUT2D eigenvalue weighted by Gasteiger charge is 2.30. The molecule has 1 amide bonds. The van der Waals surface area contributed by atoms with Crippen LogP contribution in [0.2, 0.25) is 0 Å². The van der Waals surface area contributed by atoms with Gasteiger partial charge in [-0.3, -0.25) is 9.69 Å². The van der Waals surface area contributed by atoms with E-state index in [1.165, 1.54) is 46.4 Å². The van der Waals surface area contributed by atoms with E-state index in [0.717, 1.165) is 69.3 Å². The zero-order chi connectivity index (χ0) is 24.6. The average molecular weight is 486 g/mol. The van der Waals surface area contributed by atoms with Crippen molar-refractivity contribution in [2.24, 2.45) is 0 Å². The van der Waals surface area contributed by atoms with Crippen LogP contribution in [0.25, 0.3) is 0 Å². The lowest BCUT2D eigenvalue weighted by Crippen LogP contribution is -2.48. The van der Waals surface area contributed by atoms with Crippen LogP contribution in [0.4, 0.5) is 0 Å². The molecule has 0 bridgehead atoms. The van der Waals surface area contributed by atoms with Gasteiger partial charge in [-0.05, 0) is 73.9 Å². The van der Waals surface area contributed by atoms with Crippen molar-refractivity contribution in [1.82, 2.24) is 14.4 Å². The maximum absolute atomic E-state index is 14.0. The van der Waals surface area contributed by atoms with E-state index in [9.17, 15) is 4.79 Å². The van der Waals surface area contributed by atoms with Gasteiger partial charge in [0, 0.05) is 45.0 Å². The van der Waals surface area contributed by atoms with E-state index in [-0.39, 0.29) is 5.91 Å². The summed E-state index contributed by atoms with van der Waals surface area (Å²) in [5.41, 5.74) is 8.65. The molecule has 6 heteroatoms. The van der Waals surface area contributed by atoms with E-state index in [2.05, 4.69) is 64.6 Å². The fourth-order valence-electron chi connectivity index (χ4n) is 6.07. The molecule has 0 spiro atoms. The van der Waals surface area contributed by atoms with Crippen molar-refractivity contribution in [1.29, 1.82) is 0 Å². The number of aryl methyl sites for hydroxylation is 1. The Morgan fingerprint density at radius 3 is 2.47 bits per heavy atom. The fraction of sp³-hybridized carbons (Fsp3) is 0.433. The Morgan fingerprint density at radius 2 is 1.64 bits per heavy atom. The first-order chi connectivity index (χ1) is 17.6. The van der Waals surface area contributed by atoms with E-state index < -0.39 is 0 Å². The van der Waals surface area contributed by atoms with E-state index in [1.807, 2.05) is 6.07 Å². The van der Waals surface area contributed by atoms with Crippen molar-refractivity contribution in [3.05, 3.63) is 81.7 Å². The predicted molar refractivity (Wildman–Crippen MR) is 140 cm³/mol. The molecule has 188 valence electrons. The molecule has 6 nitrogen and oxygen atoms in total. The molecule has 1 fully saturated rings. The van der Waals surface area contributed by atoms with Crippen LogP contribution < -0.4 is 9.47 Å². The van der Waals surface area contributed by atoms with Crippen molar-refractivity contribution in [3.63, 3.8) is 0 Å². The number of piperazine rings is 1. The summed E-state index contributed by atoms with van der Waals surface area (Å²) in [5.74, 6) is 1.84. The predicted octanol–water partition coefficient (Wildman–Crippen LogP) is 4.72. The molecule has 1 aromatic heterocycles. The molecule has 2 aromatic carbocycles. The number of aromatic nitrogens is 1. The Bertz CT molecular complexity index is 1290. The molecular formula is C30H35N3O3. The van der Waals surface area contributed by atoms with E-state index in [1.54, 1.807) is 0 Å². The third kappa shape index (κ3) is 4.39. The molecule has 0 saturated carbocycles. The Hall–Kier alpha value is -3.25. The fourth-order valence-corrected chi connectivity index (χ4v) is 6.07. The lowest BCUT2D eigenvalue weighted by molar-refractivity contribution is 0.0617. The quantitative estimate of drug-likeness (QED) is 0.525. The largest absolute Gasteiger partial charge is 0.454 e. The maximum atomic E-state index is 14.0. The summed E-state index contributed by atoms with van der Waals surface area (Å²) in [6, 6.07) is 14.9. The van der Waals surface area contributed by atoms with Gasteiger partial charge in [0.2, 0.25) is 6.79 Å². The molecule has 0 N–H and O–H groups in total. The van der Waals surface area contributed by atoms with Crippen LogP contribution >= 0.6 is 0 Å². The van der Waals surface area contributed by atoms with Crippen LogP contribution in [0.5, 0.6) is 11.5 Å². The SMILES string of the molecule is Cc1cccc(Cn2c3c(c(C)c2C(=O)N2CCN(Cc4ccc5c(c4)OCO5)CC2)CCCC3)c1. The van der Waals surface area contributed by atoms with E-state index >= 15 is 0 Å². The minimum Gasteiger partial charge on any atom is -0.454 e. The van der Waals surface area contributed by atoms with E-state index in [0.29, 0.717) is 6.79 Å². The van der Waals surface area contributed by atoms with Crippen LogP contribution in [0.3, 0.4) is 0 Å². The second-order valence-electron chi connectivity index (χ2n) is 10.4. The number of fused-ring (bicyclic) bond motifs is 2. The van der Waals surface area contributed by atoms with Crippen molar-refractivity contribution in [2.45, 2.75) is 52.6 Å². The molecular weight excluding hydrogens is 450 g/mol. The van der Waals surface area contributed by atoms with Crippen molar-refractivity contribution >= 4 is 5.91 Å². The van der Waals surface area contributed by atoms with Gasteiger partial charge in [0.25, 0.3) is 5.91 Å². The topological polar surface area (TPSA) is 46.9 Å². The maximum Gasteiger partial charge on any atom is 0.270 e. The van der Waals surface area contributed by atoms with Crippen LogP contribution in [0.1, 0.15) is 56.8 Å². The van der Waals surface area contributed by atoms with Gasteiger partial charge in [0.05, 0.1) is 0 Å². The van der Waals surface area contributed by atoms with Crippen LogP contribution in [0.15, 0.2) is 42.5 Å². The van der Waals surface area contributed by atoms with Crippen molar-refractivity contribution in [2.75, 3.05) is 33.0 Å². The Morgan fingerprint density at radius 1 is 0.861 bits per heavy atom. The van der Waals surface area contributed by atoms with Gasteiger partial charge >= 0.3 is 0 Å². The zero-order valence-electron chi connectivity index (χ0n) is 21.4. The van der Waals surface area contributed by atoms with Gasteiger partial charge < -0.3 is 18.9 Å². The zero-order valence-corrected chi connectivity index (χ0v) is 21.4. The van der Waals surface area contributed by atoms with Gasteiger partial charge in [-0.1, -0.05) is 35.9 Å². The Kier molecular flexibility index (Phi) is 6.22. The molecule has 3 aliphatic rings. The highest BCUT2D eigenvalue weighted by molar-refractivity contribution is 5.95. The third-order valence-corrected chi connectivity index (χ3v) is 7.97. The molecule has 0 radical (unpaired) electrons. The summed E-state index contributed by atoms with van der Waals surface area (Å²) in [5, 5.41) is 0. The molecule has 0 atom stereocenters. The lowest BCUT2D eigenvalue weighted by Gasteiger charge is -2.35. The summed E-state index contributed by atoms with van der Waals surface area (Å²) in [7, 11) is 0. The summed E-state index contributed by atoms with van der Waals surface area (Å²) in [6.45, 7) is 9.48. The molecule has 1 aliphatic carbocycles. The summed E-state index contributed by atoms with van der Waals surface area (Å²) in [6.07, 6.45) is 4.58. The molecule has 3 heterocycles. The Balaban J connectivity index is 1.19. The average Bonchev–Trinajstić information content (AvgIpc) is 3.47. The molecule has 3 aromatic rings. The highest BCUT2D eigenvalue weighted by atomic mass is 16.7. The first-order valence-corrected chi connectivity index (χ1v) is 13.2. The van der Waals surface area contributed by atoms with Gasteiger partial charge in [0.15, 0.2) is 11.5 Å². The van der Waals surface area contributed by atoms with Crippen LogP contribution in [-0.4, -0.2) is 53.2 Å². The highest BCUT2D eigenvalue weighted by Crippen LogP contribution is 2.34. The first-order valence-electron chi connectivity index (χ1n) is 13.2. The van der Waals surface area contributed by atoms with E-state index in [4.69, 9.17) is 9.47 Å². The number of carbonyl (C=O) groups is 1. The Labute approximate surface area is 213 Å². The minimum absolute atomic E-state index is 0.192. The number of hydrogen-bond donors (Lipinski definition) is 0. The molecule has 1 saturated heterocycles. The normalized spacial score (nSPS) is 17.3. The smallest absolute Gasteiger partial charge is 0.270 e. The number of ether oxygens (including phenoxy) is 2. The molecule has 6 rings (SSSR count). The monoisotopic (exact) mass is 485 g/mol. The van der Waals surface area contributed by atoms with Crippen molar-refractivity contribution in [3.8, 4) is 11.5 Å². The number of amides is 1. The molecule has 2 aliphatic heterocycles. The standard InChI is InChI=1S/C30H35N3O3/c1-21-6-5-7-23(16-21)19-33-26-9-4-3-8-25(26)22(2)29(33)30(34)32-14-12-31(13-15-32)18-24-10-11-27-28(17-24)36-20-35-27/h5-7,10-11,16-17H,3-4,8-9,12-15,18-20H2,1-2H3. The van der Waals surface area contributed by atoms with Crippen molar-refractivity contribution < 1.29 is 14.3 Å². The van der Waals surface area contributed by atoms with Gasteiger partial charge in [0.1, 0.15) is 5.69 Å². The number of benzene rings is 2. The van der Waals surface area contributed by atoms with Gasteiger partial charge in [-0.15, -0.1) is 0 Å². The van der Waals surface area contributed by atoms with Crippen LogP contribution in [0, 0.1) is 13.8 Å². The number of rotatable bonds is 5. The van der Waals surface area contributed by atoms with Crippen LogP contribution in [-0.2, 0) is 25.9 Å². The third-order valence-electron chi connectivity index (χ3n) is 7.97. The summed E-state index contributed by atoms with van der Waals surface area (Å²) < 4.78 is 13.3. The lowest BCUT2D eigenvalue weighted by atomic mass is 9.95. The minimum atomic E-state index is 0.192. The number of carbonyl (C=O) groups excluding carboxylic acids is 1. The molecule has 36 heavy (non-hydrogen) atoms. The number of nitrogens with zero attached hydrogens (tertiary/aromatic N) is 3. The summed E-state index contributed by atoms with van der Waals surface area (Å²) in [4.78, 5) is 18.5. The second kappa shape index (κ2) is 9.66. The molecule has 0 unspecified atom stereocenters. The summed E-state index contributed by atoms with van der Waals surface area (Å²) >= 11 is 0. The first kappa shape index (κ1) is 23.2. The number of hydrogen-bond acceptors (Lipinski definition) is 4. The van der Waals surface area contributed by atoms with Gasteiger partial charge in [-0.2, -0.15) is 0 Å².